The summed E-state index contributed by atoms with van der Waals surface area (Å²) in [4.78, 5) is 23.4. The van der Waals surface area contributed by atoms with Gasteiger partial charge in [0, 0.05) is 42.9 Å². The first-order chi connectivity index (χ1) is 19.0. The van der Waals surface area contributed by atoms with Gasteiger partial charge >= 0.3 is 6.03 Å². The zero-order chi connectivity index (χ0) is 28.9. The molecule has 2 aromatic carbocycles. The van der Waals surface area contributed by atoms with Crippen LogP contribution >= 0.6 is 0 Å². The summed E-state index contributed by atoms with van der Waals surface area (Å²) in [6, 6.07) is 16.4. The summed E-state index contributed by atoms with van der Waals surface area (Å²) in [5, 5.41) is 13.6. The van der Waals surface area contributed by atoms with Crippen LogP contribution in [-0.2, 0) is 12.0 Å². The Morgan fingerprint density at radius 1 is 1.00 bits per heavy atom. The van der Waals surface area contributed by atoms with Gasteiger partial charge in [-0.2, -0.15) is 5.10 Å². The third-order valence-electron chi connectivity index (χ3n) is 5.91. The number of hydrogen-bond donors (Lipinski definition) is 3. The SMILES string of the molecule is CNc1cc(Oc2ccc(NC(=O)Nc3cc(C(C)(C)C)nn3-c3cccc(CN(C)C)c3)cc2OC)ncn1. The summed E-state index contributed by atoms with van der Waals surface area (Å²) in [7, 11) is 7.34. The highest BCUT2D eigenvalue weighted by molar-refractivity contribution is 5.99. The molecular weight excluding hydrogens is 508 g/mol. The number of carbonyl (C=O) groups excluding carboxylic acids is 1. The summed E-state index contributed by atoms with van der Waals surface area (Å²) < 4.78 is 13.1. The van der Waals surface area contributed by atoms with Gasteiger partial charge in [-0.25, -0.2) is 19.4 Å². The number of nitrogens with zero attached hydrogens (tertiary/aromatic N) is 5. The van der Waals surface area contributed by atoms with Crippen LogP contribution in [0, 0.1) is 0 Å². The van der Waals surface area contributed by atoms with Gasteiger partial charge in [-0.05, 0) is 43.9 Å². The number of carbonyl (C=O) groups is 1. The molecule has 40 heavy (non-hydrogen) atoms. The third-order valence-corrected chi connectivity index (χ3v) is 5.91. The Kier molecular flexibility index (Phi) is 8.54. The van der Waals surface area contributed by atoms with Crippen LogP contribution in [0.15, 0.2) is 60.9 Å². The summed E-state index contributed by atoms with van der Waals surface area (Å²) in [5.41, 5.74) is 3.18. The number of methoxy groups -OCH3 is 1. The Bertz CT molecular complexity index is 1480. The van der Waals surface area contributed by atoms with Crippen molar-refractivity contribution in [1.29, 1.82) is 0 Å². The van der Waals surface area contributed by atoms with Crippen molar-refractivity contribution >= 4 is 23.4 Å². The first kappa shape index (κ1) is 28.4. The molecule has 0 aliphatic rings. The molecule has 0 aliphatic heterocycles. The van der Waals surface area contributed by atoms with E-state index < -0.39 is 6.03 Å². The molecule has 210 valence electrons. The standard InChI is InChI=1S/C29H36N8O3/c1-29(2,3)24-15-26(37(35-24)21-10-8-9-19(13-21)17-36(5)6)34-28(38)33-20-11-12-22(23(14-20)39-7)40-27-16-25(30-4)31-18-32-27/h8-16,18H,17H2,1-7H3,(H,30,31,32)(H2,33,34,38). The van der Waals surface area contributed by atoms with E-state index in [1.807, 2.05) is 32.3 Å². The lowest BCUT2D eigenvalue weighted by atomic mass is 9.92. The van der Waals surface area contributed by atoms with Crippen LogP contribution in [0.1, 0.15) is 32.0 Å². The zero-order valence-electron chi connectivity index (χ0n) is 23.9. The van der Waals surface area contributed by atoms with E-state index in [1.54, 1.807) is 36.0 Å². The molecule has 4 rings (SSSR count). The largest absolute Gasteiger partial charge is 0.493 e. The number of rotatable bonds is 9. The fourth-order valence-electron chi connectivity index (χ4n) is 3.94. The van der Waals surface area contributed by atoms with Gasteiger partial charge in [-0.3, -0.25) is 5.32 Å². The number of aromatic nitrogens is 4. The molecule has 0 aliphatic carbocycles. The van der Waals surface area contributed by atoms with E-state index in [-0.39, 0.29) is 5.41 Å². The number of urea groups is 1. The van der Waals surface area contributed by atoms with Gasteiger partial charge in [0.2, 0.25) is 5.88 Å². The number of hydrogen-bond acceptors (Lipinski definition) is 8. The number of benzene rings is 2. The lowest BCUT2D eigenvalue weighted by Gasteiger charge is -2.15. The maximum Gasteiger partial charge on any atom is 0.324 e. The molecule has 0 spiro atoms. The Morgan fingerprint density at radius 2 is 1.80 bits per heavy atom. The molecule has 11 nitrogen and oxygen atoms in total. The second-order valence-corrected chi connectivity index (χ2v) is 10.5. The van der Waals surface area contributed by atoms with Crippen molar-refractivity contribution in [1.82, 2.24) is 24.6 Å². The Morgan fingerprint density at radius 3 is 2.50 bits per heavy atom. The van der Waals surface area contributed by atoms with Crippen molar-refractivity contribution in [2.45, 2.75) is 32.7 Å². The van der Waals surface area contributed by atoms with E-state index in [4.69, 9.17) is 14.6 Å². The quantitative estimate of drug-likeness (QED) is 0.253. The van der Waals surface area contributed by atoms with Crippen molar-refractivity contribution in [3.05, 3.63) is 72.2 Å². The summed E-state index contributed by atoms with van der Waals surface area (Å²) in [6.45, 7) is 7.05. The topological polar surface area (TPSA) is 118 Å². The number of amides is 2. The summed E-state index contributed by atoms with van der Waals surface area (Å²) in [5.74, 6) is 2.41. The zero-order valence-corrected chi connectivity index (χ0v) is 23.9. The highest BCUT2D eigenvalue weighted by atomic mass is 16.5. The molecule has 0 saturated carbocycles. The van der Waals surface area contributed by atoms with Gasteiger partial charge in [0.25, 0.3) is 0 Å². The van der Waals surface area contributed by atoms with Crippen LogP contribution in [0.4, 0.5) is 22.1 Å². The van der Waals surface area contributed by atoms with Crippen LogP contribution in [0.2, 0.25) is 0 Å². The maximum atomic E-state index is 13.1. The van der Waals surface area contributed by atoms with E-state index >= 15 is 0 Å². The molecule has 0 unspecified atom stereocenters. The molecule has 0 bridgehead atoms. The highest BCUT2D eigenvalue weighted by Crippen LogP contribution is 2.34. The molecule has 0 fully saturated rings. The number of ether oxygens (including phenoxy) is 2. The normalized spacial score (nSPS) is 11.3. The predicted molar refractivity (Wildman–Crippen MR) is 157 cm³/mol. The molecule has 3 N–H and O–H groups in total. The Hall–Kier alpha value is -4.64. The summed E-state index contributed by atoms with van der Waals surface area (Å²) >= 11 is 0. The molecule has 0 saturated heterocycles. The highest BCUT2D eigenvalue weighted by Gasteiger charge is 2.22. The first-order valence-electron chi connectivity index (χ1n) is 12.8. The second kappa shape index (κ2) is 12.0. The molecule has 2 amide bonds. The van der Waals surface area contributed by atoms with E-state index in [0.717, 1.165) is 23.5 Å². The minimum absolute atomic E-state index is 0.208. The number of nitrogens with one attached hydrogen (secondary N) is 3. The molecule has 2 heterocycles. The van der Waals surface area contributed by atoms with Gasteiger partial charge in [-0.1, -0.05) is 32.9 Å². The van der Waals surface area contributed by atoms with E-state index in [0.29, 0.717) is 34.7 Å². The van der Waals surface area contributed by atoms with Gasteiger partial charge < -0.3 is 25.0 Å². The van der Waals surface area contributed by atoms with Crippen molar-refractivity contribution < 1.29 is 14.3 Å². The van der Waals surface area contributed by atoms with Crippen LogP contribution in [0.3, 0.4) is 0 Å². The number of anilines is 3. The fraction of sp³-hybridized carbons (Fsp3) is 0.310. The second-order valence-electron chi connectivity index (χ2n) is 10.5. The molecule has 11 heteroatoms. The van der Waals surface area contributed by atoms with E-state index in [9.17, 15) is 4.79 Å². The van der Waals surface area contributed by atoms with Crippen molar-refractivity contribution in [3.8, 4) is 23.1 Å². The van der Waals surface area contributed by atoms with Crippen LogP contribution in [0.5, 0.6) is 17.4 Å². The van der Waals surface area contributed by atoms with Crippen LogP contribution in [-0.4, -0.2) is 58.9 Å². The first-order valence-corrected chi connectivity index (χ1v) is 12.8. The summed E-state index contributed by atoms with van der Waals surface area (Å²) in [6.07, 6.45) is 1.40. The van der Waals surface area contributed by atoms with Crippen molar-refractivity contribution in [3.63, 3.8) is 0 Å². The van der Waals surface area contributed by atoms with E-state index in [2.05, 4.69) is 63.7 Å². The average molecular weight is 545 g/mol. The third kappa shape index (κ3) is 7.06. The molecule has 0 radical (unpaired) electrons. The Labute approximate surface area is 234 Å². The minimum atomic E-state index is -0.420. The monoisotopic (exact) mass is 544 g/mol. The lowest BCUT2D eigenvalue weighted by Crippen LogP contribution is -2.21. The predicted octanol–water partition coefficient (Wildman–Crippen LogP) is 5.51. The molecule has 2 aromatic heterocycles. The van der Waals surface area contributed by atoms with Gasteiger partial charge in [-0.15, -0.1) is 0 Å². The van der Waals surface area contributed by atoms with Gasteiger partial charge in [0.15, 0.2) is 11.5 Å². The molecule has 4 aromatic rings. The fourth-order valence-corrected chi connectivity index (χ4v) is 3.94. The Balaban J connectivity index is 1.55. The van der Waals surface area contributed by atoms with Crippen molar-refractivity contribution in [2.24, 2.45) is 0 Å². The lowest BCUT2D eigenvalue weighted by molar-refractivity contribution is 0.262. The van der Waals surface area contributed by atoms with Crippen LogP contribution < -0.4 is 25.4 Å². The van der Waals surface area contributed by atoms with Crippen LogP contribution in [0.25, 0.3) is 5.69 Å². The van der Waals surface area contributed by atoms with Gasteiger partial charge in [0.05, 0.1) is 18.5 Å². The van der Waals surface area contributed by atoms with Crippen molar-refractivity contribution in [2.75, 3.05) is 44.2 Å². The smallest absolute Gasteiger partial charge is 0.324 e. The average Bonchev–Trinajstić information content (AvgIpc) is 3.33. The van der Waals surface area contributed by atoms with E-state index in [1.165, 1.54) is 13.4 Å². The van der Waals surface area contributed by atoms with Gasteiger partial charge in [0.1, 0.15) is 18.0 Å². The minimum Gasteiger partial charge on any atom is -0.493 e. The maximum absolute atomic E-state index is 13.1. The molecular formula is C29H36N8O3. The molecule has 0 atom stereocenters.